The molecule has 1 unspecified atom stereocenters. The molecule has 2 rings (SSSR count). The van der Waals surface area contributed by atoms with Crippen molar-refractivity contribution < 1.29 is 4.74 Å². The smallest absolute Gasteiger partial charge is 0.133 e. The van der Waals surface area contributed by atoms with Gasteiger partial charge >= 0.3 is 0 Å². The lowest BCUT2D eigenvalue weighted by atomic mass is 10.0. The van der Waals surface area contributed by atoms with Crippen molar-refractivity contribution >= 4 is 50.7 Å². The Balaban J connectivity index is 2.33. The first-order chi connectivity index (χ1) is 9.52. The van der Waals surface area contributed by atoms with E-state index in [0.29, 0.717) is 16.7 Å². The summed E-state index contributed by atoms with van der Waals surface area (Å²) in [5.74, 6) is 0.794. The Morgan fingerprint density at radius 2 is 1.90 bits per heavy atom. The van der Waals surface area contributed by atoms with E-state index in [2.05, 4.69) is 15.9 Å². The molecule has 0 saturated carbocycles. The Morgan fingerprint density at radius 3 is 2.50 bits per heavy atom. The summed E-state index contributed by atoms with van der Waals surface area (Å²) in [5, 5.41) is 0.810. The van der Waals surface area contributed by atoms with E-state index in [1.807, 2.05) is 31.2 Å². The summed E-state index contributed by atoms with van der Waals surface area (Å²) >= 11 is 22.1. The van der Waals surface area contributed by atoms with Crippen molar-refractivity contribution in [3.8, 4) is 5.75 Å². The quantitative estimate of drug-likeness (QED) is 0.539. The number of rotatable bonds is 4. The second-order valence-corrected chi connectivity index (χ2v) is 6.29. The van der Waals surface area contributed by atoms with E-state index < -0.39 is 0 Å². The Morgan fingerprint density at radius 1 is 1.15 bits per heavy atom. The fourth-order valence-corrected chi connectivity index (χ4v) is 3.24. The molecule has 0 N–H and O–H groups in total. The number of hydrogen-bond donors (Lipinski definition) is 0. The largest absolute Gasteiger partial charge is 0.493 e. The van der Waals surface area contributed by atoms with Gasteiger partial charge in [-0.15, -0.1) is 11.6 Å². The van der Waals surface area contributed by atoms with E-state index in [0.717, 1.165) is 21.3 Å². The molecule has 0 saturated heterocycles. The molecule has 0 bridgehead atoms. The minimum absolute atomic E-state index is 0.341. The van der Waals surface area contributed by atoms with E-state index in [-0.39, 0.29) is 5.38 Å². The topological polar surface area (TPSA) is 9.23 Å². The summed E-state index contributed by atoms with van der Waals surface area (Å²) in [6.07, 6.45) is 0. The highest BCUT2D eigenvalue weighted by Crippen LogP contribution is 2.37. The van der Waals surface area contributed by atoms with Crippen molar-refractivity contribution in [1.82, 2.24) is 0 Å². The highest BCUT2D eigenvalue weighted by Gasteiger charge is 2.16. The number of alkyl halides is 1. The van der Waals surface area contributed by atoms with Crippen molar-refractivity contribution in [2.24, 2.45) is 0 Å². The molecule has 1 atom stereocenters. The summed E-state index contributed by atoms with van der Waals surface area (Å²) in [4.78, 5) is 0. The second kappa shape index (κ2) is 7.04. The molecule has 0 spiro atoms. The normalized spacial score (nSPS) is 12.2. The summed E-state index contributed by atoms with van der Waals surface area (Å²) in [5.41, 5.74) is 1.76. The van der Waals surface area contributed by atoms with Crippen LogP contribution >= 0.6 is 50.7 Å². The molecule has 0 aliphatic carbocycles. The third kappa shape index (κ3) is 3.62. The lowest BCUT2D eigenvalue weighted by Crippen LogP contribution is -1.97. The van der Waals surface area contributed by atoms with Crippen molar-refractivity contribution in [1.29, 1.82) is 0 Å². The first kappa shape index (κ1) is 16.0. The zero-order valence-electron chi connectivity index (χ0n) is 10.7. The van der Waals surface area contributed by atoms with Gasteiger partial charge in [-0.05, 0) is 58.2 Å². The molecule has 2 aromatic rings. The van der Waals surface area contributed by atoms with Crippen molar-refractivity contribution in [3.05, 3.63) is 62.0 Å². The van der Waals surface area contributed by atoms with E-state index in [1.165, 1.54) is 0 Å². The van der Waals surface area contributed by atoms with Gasteiger partial charge in [0.2, 0.25) is 0 Å². The zero-order valence-corrected chi connectivity index (χ0v) is 14.5. The molecular weight excluding hydrogens is 382 g/mol. The number of hydrogen-bond acceptors (Lipinski definition) is 1. The zero-order chi connectivity index (χ0) is 14.7. The maximum Gasteiger partial charge on any atom is 0.133 e. The van der Waals surface area contributed by atoms with Gasteiger partial charge in [0.05, 0.1) is 16.5 Å². The van der Waals surface area contributed by atoms with Crippen LogP contribution in [0.15, 0.2) is 40.9 Å². The summed E-state index contributed by atoms with van der Waals surface area (Å²) < 4.78 is 6.35. The summed E-state index contributed by atoms with van der Waals surface area (Å²) in [6, 6.07) is 11.1. The van der Waals surface area contributed by atoms with Crippen LogP contribution in [0.25, 0.3) is 0 Å². The maximum absolute atomic E-state index is 6.50. The molecule has 0 amide bonds. The molecule has 2 aromatic carbocycles. The molecule has 0 fully saturated rings. The van der Waals surface area contributed by atoms with E-state index in [1.54, 1.807) is 12.1 Å². The van der Waals surface area contributed by atoms with Crippen molar-refractivity contribution in [2.75, 3.05) is 6.61 Å². The molecule has 5 heteroatoms. The molecular formula is C15H12BrCl3O. The molecule has 1 nitrogen and oxygen atoms in total. The number of ether oxygens (including phenoxy) is 1. The van der Waals surface area contributed by atoms with Crippen LogP contribution in [0.4, 0.5) is 0 Å². The van der Waals surface area contributed by atoms with Crippen LogP contribution in [-0.4, -0.2) is 6.61 Å². The molecule has 20 heavy (non-hydrogen) atoms. The highest BCUT2D eigenvalue weighted by molar-refractivity contribution is 9.10. The Labute approximate surface area is 141 Å². The van der Waals surface area contributed by atoms with E-state index in [4.69, 9.17) is 39.5 Å². The molecule has 0 aliphatic heterocycles. The van der Waals surface area contributed by atoms with E-state index in [9.17, 15) is 0 Å². The van der Waals surface area contributed by atoms with E-state index >= 15 is 0 Å². The first-order valence-corrected chi connectivity index (χ1v) is 8.02. The summed E-state index contributed by atoms with van der Waals surface area (Å²) in [7, 11) is 0. The van der Waals surface area contributed by atoms with Crippen LogP contribution < -0.4 is 4.74 Å². The van der Waals surface area contributed by atoms with Crippen LogP contribution in [0.3, 0.4) is 0 Å². The van der Waals surface area contributed by atoms with Gasteiger partial charge in [-0.3, -0.25) is 0 Å². The standard InChI is InChI=1S/C15H12BrCl3O/c1-2-20-14-6-3-9(7-12(14)16)15(19)11-5-4-10(17)8-13(11)18/h3-8,15H,2H2,1H3. The number of benzene rings is 2. The first-order valence-electron chi connectivity index (χ1n) is 6.04. The van der Waals surface area contributed by atoms with Gasteiger partial charge < -0.3 is 4.74 Å². The van der Waals surface area contributed by atoms with Gasteiger partial charge in [-0.1, -0.05) is 35.3 Å². The maximum atomic E-state index is 6.50. The van der Waals surface area contributed by atoms with Gasteiger partial charge in [-0.2, -0.15) is 0 Å². The molecule has 106 valence electrons. The predicted octanol–water partition coefficient (Wildman–Crippen LogP) is 6.48. The third-order valence-electron chi connectivity index (χ3n) is 2.78. The van der Waals surface area contributed by atoms with Gasteiger partial charge in [0.25, 0.3) is 0 Å². The average molecular weight is 395 g/mol. The highest BCUT2D eigenvalue weighted by atomic mass is 79.9. The van der Waals surface area contributed by atoms with Gasteiger partial charge in [0, 0.05) is 10.0 Å². The Hall–Kier alpha value is -0.410. The lowest BCUT2D eigenvalue weighted by molar-refractivity contribution is 0.338. The number of halogens is 4. The van der Waals surface area contributed by atoms with Crippen LogP contribution in [0, 0.1) is 0 Å². The van der Waals surface area contributed by atoms with Crippen LogP contribution in [-0.2, 0) is 0 Å². The van der Waals surface area contributed by atoms with Gasteiger partial charge in [-0.25, -0.2) is 0 Å². The second-order valence-electron chi connectivity index (χ2n) is 4.15. The Bertz CT molecular complexity index is 616. The summed E-state index contributed by atoms with van der Waals surface area (Å²) in [6.45, 7) is 2.56. The van der Waals surface area contributed by atoms with Crippen molar-refractivity contribution in [3.63, 3.8) is 0 Å². The van der Waals surface area contributed by atoms with Gasteiger partial charge in [0.1, 0.15) is 5.75 Å². The fraction of sp³-hybridized carbons (Fsp3) is 0.200. The van der Waals surface area contributed by atoms with Gasteiger partial charge in [0.15, 0.2) is 0 Å². The third-order valence-corrected chi connectivity index (χ3v) is 4.45. The monoisotopic (exact) mass is 392 g/mol. The minimum atomic E-state index is -0.341. The van der Waals surface area contributed by atoms with Crippen LogP contribution in [0.5, 0.6) is 5.75 Å². The predicted molar refractivity (Wildman–Crippen MR) is 89.5 cm³/mol. The molecule has 0 aliphatic rings. The average Bonchev–Trinajstić information content (AvgIpc) is 2.40. The minimum Gasteiger partial charge on any atom is -0.493 e. The molecule has 0 heterocycles. The van der Waals surface area contributed by atoms with Crippen LogP contribution in [0.2, 0.25) is 10.0 Å². The molecule has 0 aromatic heterocycles. The molecule has 0 radical (unpaired) electrons. The fourth-order valence-electron chi connectivity index (χ4n) is 1.83. The van der Waals surface area contributed by atoms with Crippen molar-refractivity contribution in [2.45, 2.75) is 12.3 Å². The lowest BCUT2D eigenvalue weighted by Gasteiger charge is -2.14. The Kier molecular flexibility index (Phi) is 5.62. The SMILES string of the molecule is CCOc1ccc(C(Cl)c2ccc(Cl)cc2Cl)cc1Br. The van der Waals surface area contributed by atoms with Crippen LogP contribution in [0.1, 0.15) is 23.4 Å².